The van der Waals surface area contributed by atoms with Crippen LogP contribution in [0.15, 0.2) is 53.4 Å². The van der Waals surface area contributed by atoms with Crippen LogP contribution in [-0.2, 0) is 10.0 Å². The van der Waals surface area contributed by atoms with E-state index in [0.717, 1.165) is 43.1 Å². The van der Waals surface area contributed by atoms with Crippen molar-refractivity contribution in [2.75, 3.05) is 46.4 Å². The van der Waals surface area contributed by atoms with Gasteiger partial charge in [0.1, 0.15) is 11.5 Å². The first-order valence-electron chi connectivity index (χ1n) is 9.55. The Kier molecular flexibility index (Phi) is 6.93. The van der Waals surface area contributed by atoms with Crippen molar-refractivity contribution in [1.82, 2.24) is 9.21 Å². The Hall–Kier alpha value is -2.09. The van der Waals surface area contributed by atoms with E-state index in [1.165, 1.54) is 0 Å². The standard InChI is InChI=1S/C21H28N2O4S/c1-18-4-10-21(11-5-18)28(24,25)23-15-13-22(14-16-23)12-3-17-27-20-8-6-19(26-2)7-9-20/h4-11H,3,12-17H2,1-2H3. The van der Waals surface area contributed by atoms with Gasteiger partial charge in [-0.05, 0) is 49.7 Å². The second-order valence-electron chi connectivity index (χ2n) is 6.94. The first-order chi connectivity index (χ1) is 13.5. The zero-order valence-electron chi connectivity index (χ0n) is 16.5. The second-order valence-corrected chi connectivity index (χ2v) is 8.87. The lowest BCUT2D eigenvalue weighted by Gasteiger charge is -2.34. The molecule has 0 saturated carbocycles. The number of piperazine rings is 1. The van der Waals surface area contributed by atoms with Gasteiger partial charge in [0.2, 0.25) is 10.0 Å². The molecule has 0 radical (unpaired) electrons. The van der Waals surface area contributed by atoms with Crippen LogP contribution in [0, 0.1) is 6.92 Å². The van der Waals surface area contributed by atoms with Crippen molar-refractivity contribution < 1.29 is 17.9 Å². The molecule has 0 aliphatic carbocycles. The molecule has 2 aromatic carbocycles. The molecule has 0 amide bonds. The van der Waals surface area contributed by atoms with Crippen LogP contribution in [0.5, 0.6) is 11.5 Å². The highest BCUT2D eigenvalue weighted by Crippen LogP contribution is 2.19. The van der Waals surface area contributed by atoms with Gasteiger partial charge < -0.3 is 14.4 Å². The molecule has 0 aromatic heterocycles. The molecule has 0 bridgehead atoms. The maximum Gasteiger partial charge on any atom is 0.243 e. The van der Waals surface area contributed by atoms with Crippen LogP contribution in [0.3, 0.4) is 0 Å². The van der Waals surface area contributed by atoms with Crippen LogP contribution < -0.4 is 9.47 Å². The minimum absolute atomic E-state index is 0.374. The summed E-state index contributed by atoms with van der Waals surface area (Å²) < 4.78 is 38.0. The fourth-order valence-corrected chi connectivity index (χ4v) is 4.63. The highest BCUT2D eigenvalue weighted by Gasteiger charge is 2.28. The van der Waals surface area contributed by atoms with Crippen LogP contribution >= 0.6 is 0 Å². The minimum Gasteiger partial charge on any atom is -0.497 e. The lowest BCUT2D eigenvalue weighted by molar-refractivity contribution is 0.174. The topological polar surface area (TPSA) is 59.1 Å². The van der Waals surface area contributed by atoms with Gasteiger partial charge in [0.15, 0.2) is 0 Å². The number of rotatable bonds is 8. The largest absolute Gasteiger partial charge is 0.497 e. The summed E-state index contributed by atoms with van der Waals surface area (Å²) in [6.45, 7) is 6.02. The number of ether oxygens (including phenoxy) is 2. The number of sulfonamides is 1. The van der Waals surface area contributed by atoms with Gasteiger partial charge >= 0.3 is 0 Å². The molecular weight excluding hydrogens is 376 g/mol. The van der Waals surface area contributed by atoms with E-state index in [-0.39, 0.29) is 0 Å². The molecule has 1 heterocycles. The fourth-order valence-electron chi connectivity index (χ4n) is 3.20. The summed E-state index contributed by atoms with van der Waals surface area (Å²) in [5.74, 6) is 1.64. The van der Waals surface area contributed by atoms with E-state index in [1.54, 1.807) is 23.5 Å². The summed E-state index contributed by atoms with van der Waals surface area (Å²) in [4.78, 5) is 2.66. The van der Waals surface area contributed by atoms with E-state index in [4.69, 9.17) is 9.47 Å². The molecule has 3 rings (SSSR count). The van der Waals surface area contributed by atoms with Gasteiger partial charge in [0.25, 0.3) is 0 Å². The number of benzene rings is 2. The van der Waals surface area contributed by atoms with Gasteiger partial charge in [-0.1, -0.05) is 17.7 Å². The van der Waals surface area contributed by atoms with E-state index in [9.17, 15) is 8.42 Å². The SMILES string of the molecule is COc1ccc(OCCCN2CCN(S(=O)(=O)c3ccc(C)cc3)CC2)cc1. The van der Waals surface area contributed by atoms with Crippen molar-refractivity contribution in [2.24, 2.45) is 0 Å². The van der Waals surface area contributed by atoms with Crippen molar-refractivity contribution >= 4 is 10.0 Å². The molecule has 6 nitrogen and oxygen atoms in total. The lowest BCUT2D eigenvalue weighted by Crippen LogP contribution is -2.48. The molecule has 2 aromatic rings. The van der Waals surface area contributed by atoms with E-state index >= 15 is 0 Å². The summed E-state index contributed by atoms with van der Waals surface area (Å²) in [5.41, 5.74) is 1.06. The summed E-state index contributed by atoms with van der Waals surface area (Å²) in [5, 5.41) is 0. The Bertz CT molecular complexity index is 843. The van der Waals surface area contributed by atoms with Crippen LogP contribution in [0.1, 0.15) is 12.0 Å². The van der Waals surface area contributed by atoms with E-state index in [1.807, 2.05) is 43.3 Å². The Morgan fingerprint density at radius 2 is 1.50 bits per heavy atom. The van der Waals surface area contributed by atoms with Crippen molar-refractivity contribution in [3.63, 3.8) is 0 Å². The zero-order chi connectivity index (χ0) is 20.0. The first-order valence-corrected chi connectivity index (χ1v) is 11.0. The lowest BCUT2D eigenvalue weighted by atomic mass is 10.2. The summed E-state index contributed by atoms with van der Waals surface area (Å²) in [6, 6.07) is 14.6. The quantitative estimate of drug-likeness (QED) is 0.633. The molecule has 0 spiro atoms. The molecular formula is C21H28N2O4S. The predicted molar refractivity (Wildman–Crippen MR) is 109 cm³/mol. The summed E-state index contributed by atoms with van der Waals surface area (Å²) in [6.07, 6.45) is 0.900. The molecule has 0 atom stereocenters. The van der Waals surface area contributed by atoms with Crippen LogP contribution in [-0.4, -0.2) is 64.1 Å². The second kappa shape index (κ2) is 9.41. The Morgan fingerprint density at radius 3 is 2.11 bits per heavy atom. The van der Waals surface area contributed by atoms with Gasteiger partial charge in [-0.25, -0.2) is 8.42 Å². The molecule has 0 unspecified atom stereocenters. The first kappa shape index (κ1) is 20.6. The average molecular weight is 405 g/mol. The smallest absolute Gasteiger partial charge is 0.243 e. The van der Waals surface area contributed by atoms with Crippen LogP contribution in [0.25, 0.3) is 0 Å². The van der Waals surface area contributed by atoms with Crippen molar-refractivity contribution in [2.45, 2.75) is 18.2 Å². The molecule has 152 valence electrons. The molecule has 1 saturated heterocycles. The molecule has 28 heavy (non-hydrogen) atoms. The number of aryl methyl sites for hydroxylation is 1. The predicted octanol–water partition coefficient (Wildman–Crippen LogP) is 2.78. The average Bonchev–Trinajstić information content (AvgIpc) is 2.72. The Balaban J connectivity index is 1.40. The monoisotopic (exact) mass is 404 g/mol. The number of methoxy groups -OCH3 is 1. The highest BCUT2D eigenvalue weighted by atomic mass is 32.2. The summed E-state index contributed by atoms with van der Waals surface area (Å²) in [7, 11) is -1.76. The van der Waals surface area contributed by atoms with Gasteiger partial charge in [0, 0.05) is 32.7 Å². The van der Waals surface area contributed by atoms with Gasteiger partial charge in [-0.15, -0.1) is 0 Å². The van der Waals surface area contributed by atoms with E-state index in [2.05, 4.69) is 4.90 Å². The van der Waals surface area contributed by atoms with E-state index in [0.29, 0.717) is 24.6 Å². The molecule has 1 aliphatic heterocycles. The van der Waals surface area contributed by atoms with Crippen molar-refractivity contribution in [3.05, 3.63) is 54.1 Å². The molecule has 0 N–H and O–H groups in total. The Labute approximate surface area is 167 Å². The highest BCUT2D eigenvalue weighted by molar-refractivity contribution is 7.89. The third-order valence-corrected chi connectivity index (χ3v) is 6.85. The van der Waals surface area contributed by atoms with Crippen LogP contribution in [0.4, 0.5) is 0 Å². The number of nitrogens with zero attached hydrogens (tertiary/aromatic N) is 2. The van der Waals surface area contributed by atoms with Crippen molar-refractivity contribution in [3.8, 4) is 11.5 Å². The fraction of sp³-hybridized carbons (Fsp3) is 0.429. The van der Waals surface area contributed by atoms with Gasteiger partial charge in [-0.3, -0.25) is 0 Å². The molecule has 7 heteroatoms. The minimum atomic E-state index is -3.40. The van der Waals surface area contributed by atoms with Gasteiger partial charge in [-0.2, -0.15) is 4.31 Å². The molecule has 1 aliphatic rings. The summed E-state index contributed by atoms with van der Waals surface area (Å²) >= 11 is 0. The van der Waals surface area contributed by atoms with E-state index < -0.39 is 10.0 Å². The number of hydrogen-bond donors (Lipinski definition) is 0. The molecule has 1 fully saturated rings. The maximum absolute atomic E-state index is 12.7. The third-order valence-electron chi connectivity index (χ3n) is 4.94. The normalized spacial score (nSPS) is 16.1. The third kappa shape index (κ3) is 5.25. The Morgan fingerprint density at radius 1 is 0.893 bits per heavy atom. The van der Waals surface area contributed by atoms with Crippen molar-refractivity contribution in [1.29, 1.82) is 0 Å². The number of hydrogen-bond acceptors (Lipinski definition) is 5. The zero-order valence-corrected chi connectivity index (χ0v) is 17.3. The van der Waals surface area contributed by atoms with Gasteiger partial charge in [0.05, 0.1) is 18.6 Å². The van der Waals surface area contributed by atoms with Crippen LogP contribution in [0.2, 0.25) is 0 Å². The maximum atomic E-state index is 12.7.